The van der Waals surface area contributed by atoms with Gasteiger partial charge in [0.15, 0.2) is 0 Å². The summed E-state index contributed by atoms with van der Waals surface area (Å²) in [4.78, 5) is 10.4. The van der Waals surface area contributed by atoms with Crippen LogP contribution >= 0.6 is 11.6 Å². The minimum atomic E-state index is -0.225. The largest absolute Gasteiger partial charge is 0.281 e. The number of hydrogen-bond donors (Lipinski definition) is 0. The molecule has 0 aliphatic rings. The number of rotatable bonds is 6. The van der Waals surface area contributed by atoms with Crippen LogP contribution in [0.1, 0.15) is 46.0 Å². The maximum absolute atomic E-state index is 10.4. The Labute approximate surface area is 79.8 Å². The fraction of sp³-hybridized carbons (Fsp3) is 0.700. The van der Waals surface area contributed by atoms with E-state index >= 15 is 0 Å². The summed E-state index contributed by atoms with van der Waals surface area (Å²) < 4.78 is 0. The van der Waals surface area contributed by atoms with E-state index < -0.39 is 0 Å². The van der Waals surface area contributed by atoms with Crippen molar-refractivity contribution in [3.8, 4) is 0 Å². The molecule has 0 radical (unpaired) electrons. The van der Waals surface area contributed by atoms with E-state index in [1.807, 2.05) is 0 Å². The summed E-state index contributed by atoms with van der Waals surface area (Å²) in [5, 5.41) is -0.225. The van der Waals surface area contributed by atoms with Gasteiger partial charge >= 0.3 is 0 Å². The third kappa shape index (κ3) is 7.80. The molecule has 1 nitrogen and oxygen atoms in total. The predicted octanol–water partition coefficient (Wildman–Crippen LogP) is 3.67. The molecule has 2 heteroatoms. The summed E-state index contributed by atoms with van der Waals surface area (Å²) in [6.45, 7) is 4.30. The van der Waals surface area contributed by atoms with Crippen LogP contribution in [0.3, 0.4) is 0 Å². The first kappa shape index (κ1) is 11.7. The highest BCUT2D eigenvalue weighted by atomic mass is 35.5. The highest BCUT2D eigenvalue weighted by Gasteiger charge is 1.93. The van der Waals surface area contributed by atoms with Crippen LogP contribution in [-0.4, -0.2) is 5.24 Å². The normalized spacial score (nSPS) is 11.8. The van der Waals surface area contributed by atoms with E-state index in [0.29, 0.717) is 6.42 Å². The topological polar surface area (TPSA) is 17.1 Å². The average Bonchev–Trinajstić information content (AvgIpc) is 1.98. The van der Waals surface area contributed by atoms with Gasteiger partial charge in [0.2, 0.25) is 5.24 Å². The maximum atomic E-state index is 10.4. The fourth-order valence-electron chi connectivity index (χ4n) is 1.09. The molecular formula is C10H17ClO. The first-order chi connectivity index (χ1) is 5.66. The number of carbonyl (C=O) groups excluding carboxylic acids is 1. The maximum Gasteiger partial charge on any atom is 0.221 e. The Hall–Kier alpha value is -0.300. The molecule has 0 aromatic heterocycles. The van der Waals surface area contributed by atoms with Crippen LogP contribution in [0.15, 0.2) is 11.6 Å². The summed E-state index contributed by atoms with van der Waals surface area (Å²) in [6.07, 6.45) is 6.90. The molecule has 0 aromatic rings. The summed E-state index contributed by atoms with van der Waals surface area (Å²) in [6, 6.07) is 0. The second-order valence-corrected chi connectivity index (χ2v) is 3.47. The molecule has 0 saturated carbocycles. The molecule has 0 heterocycles. The van der Waals surface area contributed by atoms with Crippen molar-refractivity contribution < 1.29 is 4.79 Å². The van der Waals surface area contributed by atoms with Gasteiger partial charge in [-0.05, 0) is 37.8 Å². The average molecular weight is 189 g/mol. The highest BCUT2D eigenvalue weighted by Crippen LogP contribution is 2.07. The lowest BCUT2D eigenvalue weighted by molar-refractivity contribution is -0.111. The van der Waals surface area contributed by atoms with Gasteiger partial charge in [-0.1, -0.05) is 25.0 Å². The lowest BCUT2D eigenvalue weighted by Crippen LogP contribution is -1.84. The van der Waals surface area contributed by atoms with Crippen molar-refractivity contribution >= 4 is 16.8 Å². The van der Waals surface area contributed by atoms with E-state index in [-0.39, 0.29) is 5.24 Å². The molecule has 0 aliphatic heterocycles. The van der Waals surface area contributed by atoms with Crippen LogP contribution in [0.5, 0.6) is 0 Å². The molecule has 12 heavy (non-hydrogen) atoms. The van der Waals surface area contributed by atoms with Crippen molar-refractivity contribution in [2.75, 3.05) is 0 Å². The number of unbranched alkanes of at least 4 members (excludes halogenated alkanes) is 1. The molecule has 0 spiro atoms. The standard InChI is InChI=1S/C10H17ClO/c1-3-6-9(2)7-4-5-8-10(11)12/h7H,3-6,8H2,1-2H3/b9-7+. The van der Waals surface area contributed by atoms with E-state index in [4.69, 9.17) is 11.6 Å². The first-order valence-corrected chi connectivity index (χ1v) is 4.88. The third-order valence-electron chi connectivity index (χ3n) is 1.71. The zero-order chi connectivity index (χ0) is 9.40. The molecule has 70 valence electrons. The van der Waals surface area contributed by atoms with Crippen molar-refractivity contribution in [1.29, 1.82) is 0 Å². The van der Waals surface area contributed by atoms with Gasteiger partial charge in [0.05, 0.1) is 0 Å². The Morgan fingerprint density at radius 1 is 1.42 bits per heavy atom. The quantitative estimate of drug-likeness (QED) is 0.353. The summed E-state index contributed by atoms with van der Waals surface area (Å²) >= 11 is 5.19. The molecule has 0 fully saturated rings. The van der Waals surface area contributed by atoms with Gasteiger partial charge in [0.25, 0.3) is 0 Å². The predicted molar refractivity (Wildman–Crippen MR) is 53.4 cm³/mol. The lowest BCUT2D eigenvalue weighted by atomic mass is 10.1. The smallest absolute Gasteiger partial charge is 0.221 e. The summed E-state index contributed by atoms with van der Waals surface area (Å²) in [7, 11) is 0. The van der Waals surface area contributed by atoms with Gasteiger partial charge in [-0.25, -0.2) is 0 Å². The van der Waals surface area contributed by atoms with Crippen LogP contribution in [0, 0.1) is 0 Å². The van der Waals surface area contributed by atoms with Gasteiger partial charge in [-0.3, -0.25) is 4.79 Å². The molecule has 0 rings (SSSR count). The Morgan fingerprint density at radius 3 is 2.58 bits per heavy atom. The third-order valence-corrected chi connectivity index (χ3v) is 1.90. The zero-order valence-corrected chi connectivity index (χ0v) is 8.66. The molecule has 0 N–H and O–H groups in total. The summed E-state index contributed by atoms with van der Waals surface area (Å²) in [5.41, 5.74) is 1.42. The van der Waals surface area contributed by atoms with Gasteiger partial charge < -0.3 is 0 Å². The van der Waals surface area contributed by atoms with E-state index in [9.17, 15) is 4.79 Å². The highest BCUT2D eigenvalue weighted by molar-refractivity contribution is 6.63. The number of carbonyl (C=O) groups is 1. The van der Waals surface area contributed by atoms with Crippen LogP contribution in [-0.2, 0) is 4.79 Å². The molecule has 0 unspecified atom stereocenters. The molecule has 0 aromatic carbocycles. The van der Waals surface area contributed by atoms with Crippen molar-refractivity contribution in [2.24, 2.45) is 0 Å². The van der Waals surface area contributed by atoms with Crippen molar-refractivity contribution in [3.05, 3.63) is 11.6 Å². The Morgan fingerprint density at radius 2 is 2.08 bits per heavy atom. The Kier molecular flexibility index (Phi) is 7.17. The Balaban J connectivity index is 3.39. The van der Waals surface area contributed by atoms with E-state index in [1.54, 1.807) is 0 Å². The Bertz CT molecular complexity index is 161. The van der Waals surface area contributed by atoms with E-state index in [0.717, 1.165) is 19.3 Å². The van der Waals surface area contributed by atoms with Crippen LogP contribution in [0.25, 0.3) is 0 Å². The lowest BCUT2D eigenvalue weighted by Gasteiger charge is -1.96. The van der Waals surface area contributed by atoms with Gasteiger partial charge in [0, 0.05) is 6.42 Å². The van der Waals surface area contributed by atoms with Gasteiger partial charge in [-0.15, -0.1) is 0 Å². The van der Waals surface area contributed by atoms with E-state index in [1.165, 1.54) is 12.0 Å². The van der Waals surface area contributed by atoms with Crippen molar-refractivity contribution in [3.63, 3.8) is 0 Å². The SMILES string of the molecule is CCC/C(C)=C/CCCC(=O)Cl. The van der Waals surface area contributed by atoms with Crippen LogP contribution in [0.4, 0.5) is 0 Å². The minimum absolute atomic E-state index is 0.225. The fourth-order valence-corrected chi connectivity index (χ4v) is 1.22. The number of hydrogen-bond acceptors (Lipinski definition) is 1. The van der Waals surface area contributed by atoms with E-state index in [2.05, 4.69) is 19.9 Å². The number of allylic oxidation sites excluding steroid dienone is 2. The summed E-state index contributed by atoms with van der Waals surface area (Å²) in [5.74, 6) is 0. The van der Waals surface area contributed by atoms with Gasteiger partial charge in [-0.2, -0.15) is 0 Å². The molecule has 0 bridgehead atoms. The molecule has 0 saturated heterocycles. The van der Waals surface area contributed by atoms with Crippen molar-refractivity contribution in [1.82, 2.24) is 0 Å². The van der Waals surface area contributed by atoms with Gasteiger partial charge in [0.1, 0.15) is 0 Å². The zero-order valence-electron chi connectivity index (χ0n) is 7.90. The van der Waals surface area contributed by atoms with Crippen molar-refractivity contribution in [2.45, 2.75) is 46.0 Å². The minimum Gasteiger partial charge on any atom is -0.281 e. The molecule has 0 atom stereocenters. The second kappa shape index (κ2) is 7.35. The molecule has 0 amide bonds. The first-order valence-electron chi connectivity index (χ1n) is 4.50. The second-order valence-electron chi connectivity index (χ2n) is 3.05. The molecular weight excluding hydrogens is 172 g/mol. The van der Waals surface area contributed by atoms with Crippen LogP contribution < -0.4 is 0 Å². The molecule has 0 aliphatic carbocycles. The number of halogens is 1. The van der Waals surface area contributed by atoms with Crippen LogP contribution in [0.2, 0.25) is 0 Å². The monoisotopic (exact) mass is 188 g/mol.